The third-order valence-electron chi connectivity index (χ3n) is 5.21. The van der Waals surface area contributed by atoms with Crippen molar-refractivity contribution in [2.45, 2.75) is 44.7 Å². The number of piperidine rings is 1. The lowest BCUT2D eigenvalue weighted by Crippen LogP contribution is -2.53. The van der Waals surface area contributed by atoms with Crippen LogP contribution in [0.3, 0.4) is 0 Å². The molecule has 1 aromatic carbocycles. The summed E-state index contributed by atoms with van der Waals surface area (Å²) in [6.07, 6.45) is 3.21. The molecule has 0 saturated carbocycles. The van der Waals surface area contributed by atoms with Crippen molar-refractivity contribution in [1.82, 2.24) is 9.80 Å². The van der Waals surface area contributed by atoms with Gasteiger partial charge < -0.3 is 15.5 Å². The summed E-state index contributed by atoms with van der Waals surface area (Å²) in [6, 6.07) is 3.86. The normalized spacial score (nSPS) is 22.3. The summed E-state index contributed by atoms with van der Waals surface area (Å²) in [7, 11) is 0. The van der Waals surface area contributed by atoms with Gasteiger partial charge in [0.15, 0.2) is 0 Å². The van der Waals surface area contributed by atoms with E-state index in [1.807, 2.05) is 0 Å². The second kappa shape index (κ2) is 8.67. The quantitative estimate of drug-likeness (QED) is 0.619. The van der Waals surface area contributed by atoms with E-state index in [2.05, 4.69) is 0 Å². The number of carbonyl (C=O) groups is 2. The molecule has 2 heterocycles. The molecule has 2 aliphatic heterocycles. The minimum Gasteiger partial charge on any atom is -0.339 e. The van der Waals surface area contributed by atoms with Crippen molar-refractivity contribution in [2.24, 2.45) is 5.73 Å². The molecule has 2 fully saturated rings. The molecule has 2 aliphatic rings. The molecule has 148 valence electrons. The molecule has 2 N–H and O–H groups in total. The van der Waals surface area contributed by atoms with E-state index in [9.17, 15) is 19.7 Å². The summed E-state index contributed by atoms with van der Waals surface area (Å²) in [5.74, 6) is -0.287. The zero-order valence-electron chi connectivity index (χ0n) is 15.3. The maximum Gasteiger partial charge on any atom is 0.272 e. The average Bonchev–Trinajstić information content (AvgIpc) is 3.09. The van der Waals surface area contributed by atoms with Crippen LogP contribution >= 0.6 is 12.4 Å². The minimum atomic E-state index is -0.469. The number of nitro groups is 1. The molecule has 2 saturated heterocycles. The SMILES string of the molecule is Cc1cc(C(=O)N2CCCC2C(=O)N2CCCC(N)C2)ccc1[N+](=O)[O-].Cl. The molecule has 0 bridgehead atoms. The van der Waals surface area contributed by atoms with Crippen LogP contribution in [0.25, 0.3) is 0 Å². The van der Waals surface area contributed by atoms with Crippen LogP contribution in [-0.4, -0.2) is 58.3 Å². The van der Waals surface area contributed by atoms with Gasteiger partial charge in [-0.2, -0.15) is 0 Å². The molecule has 9 heteroatoms. The first-order valence-corrected chi connectivity index (χ1v) is 8.99. The van der Waals surface area contributed by atoms with Gasteiger partial charge >= 0.3 is 0 Å². The Morgan fingerprint density at radius 3 is 2.56 bits per heavy atom. The number of amides is 2. The fraction of sp³-hybridized carbons (Fsp3) is 0.556. The van der Waals surface area contributed by atoms with E-state index in [1.165, 1.54) is 18.2 Å². The molecule has 8 nitrogen and oxygen atoms in total. The predicted molar refractivity (Wildman–Crippen MR) is 103 cm³/mol. The van der Waals surface area contributed by atoms with Gasteiger partial charge in [0.25, 0.3) is 11.6 Å². The first-order valence-electron chi connectivity index (χ1n) is 8.99. The largest absolute Gasteiger partial charge is 0.339 e. The highest BCUT2D eigenvalue weighted by molar-refractivity contribution is 5.98. The molecule has 2 amide bonds. The van der Waals surface area contributed by atoms with Crippen molar-refractivity contribution in [3.63, 3.8) is 0 Å². The van der Waals surface area contributed by atoms with E-state index in [4.69, 9.17) is 5.73 Å². The van der Waals surface area contributed by atoms with Gasteiger partial charge in [-0.05, 0) is 44.7 Å². The van der Waals surface area contributed by atoms with Crippen LogP contribution in [0.4, 0.5) is 5.69 Å². The number of nitrogens with zero attached hydrogens (tertiary/aromatic N) is 3. The topological polar surface area (TPSA) is 110 Å². The van der Waals surface area contributed by atoms with Crippen LogP contribution in [0, 0.1) is 17.0 Å². The smallest absolute Gasteiger partial charge is 0.272 e. The Hall–Kier alpha value is -2.19. The number of hydrogen-bond acceptors (Lipinski definition) is 5. The number of carbonyl (C=O) groups excluding carboxylic acids is 2. The van der Waals surface area contributed by atoms with Crippen LogP contribution in [0.15, 0.2) is 18.2 Å². The van der Waals surface area contributed by atoms with Crippen molar-refractivity contribution < 1.29 is 14.5 Å². The zero-order valence-corrected chi connectivity index (χ0v) is 16.1. The van der Waals surface area contributed by atoms with E-state index in [1.54, 1.807) is 16.7 Å². The summed E-state index contributed by atoms with van der Waals surface area (Å²) in [5.41, 5.74) is 6.77. The molecular weight excluding hydrogens is 372 g/mol. The van der Waals surface area contributed by atoms with Gasteiger partial charge in [-0.1, -0.05) is 0 Å². The fourth-order valence-corrected chi connectivity index (χ4v) is 3.85. The third-order valence-corrected chi connectivity index (χ3v) is 5.21. The highest BCUT2D eigenvalue weighted by Gasteiger charge is 2.38. The summed E-state index contributed by atoms with van der Waals surface area (Å²) >= 11 is 0. The van der Waals surface area contributed by atoms with Gasteiger partial charge in [0.1, 0.15) is 6.04 Å². The Balaban J connectivity index is 0.00000261. The molecule has 3 rings (SSSR count). The summed E-state index contributed by atoms with van der Waals surface area (Å²) in [5, 5.41) is 11.0. The number of rotatable bonds is 3. The number of nitrogens with two attached hydrogens (primary N) is 1. The Labute approximate surface area is 164 Å². The number of benzene rings is 1. The van der Waals surface area contributed by atoms with Crippen molar-refractivity contribution in [3.05, 3.63) is 39.4 Å². The van der Waals surface area contributed by atoms with Gasteiger partial charge in [0.2, 0.25) is 5.91 Å². The first kappa shape index (κ1) is 21.1. The van der Waals surface area contributed by atoms with E-state index in [0.29, 0.717) is 37.2 Å². The van der Waals surface area contributed by atoms with Gasteiger partial charge in [0, 0.05) is 42.9 Å². The summed E-state index contributed by atoms with van der Waals surface area (Å²) < 4.78 is 0. The van der Waals surface area contributed by atoms with Gasteiger partial charge in [-0.25, -0.2) is 0 Å². The number of aryl methyl sites for hydroxylation is 1. The van der Waals surface area contributed by atoms with Gasteiger partial charge in [-0.15, -0.1) is 12.4 Å². The van der Waals surface area contributed by atoms with E-state index >= 15 is 0 Å². The lowest BCUT2D eigenvalue weighted by molar-refractivity contribution is -0.385. The van der Waals surface area contributed by atoms with Crippen molar-refractivity contribution in [2.75, 3.05) is 19.6 Å². The highest BCUT2D eigenvalue weighted by Crippen LogP contribution is 2.25. The monoisotopic (exact) mass is 396 g/mol. The van der Waals surface area contributed by atoms with Gasteiger partial charge in [-0.3, -0.25) is 19.7 Å². The standard InChI is InChI=1S/C18H24N4O4.ClH/c1-12-10-13(6-7-15(12)22(25)26)17(23)21-9-3-5-16(21)18(24)20-8-2-4-14(19)11-20;/h6-7,10,14,16H,2-5,8-9,11,19H2,1H3;1H. The van der Waals surface area contributed by atoms with Crippen LogP contribution in [0.5, 0.6) is 0 Å². The number of halogens is 1. The van der Waals surface area contributed by atoms with Crippen LogP contribution in [0.2, 0.25) is 0 Å². The minimum absolute atomic E-state index is 0. The van der Waals surface area contributed by atoms with Crippen molar-refractivity contribution >= 4 is 29.9 Å². The van der Waals surface area contributed by atoms with Crippen molar-refractivity contribution in [1.29, 1.82) is 0 Å². The zero-order chi connectivity index (χ0) is 18.8. The Morgan fingerprint density at radius 2 is 1.93 bits per heavy atom. The predicted octanol–water partition coefficient (Wildman–Crippen LogP) is 1.88. The van der Waals surface area contributed by atoms with Crippen LogP contribution < -0.4 is 5.73 Å². The second-order valence-electron chi connectivity index (χ2n) is 7.10. The van der Waals surface area contributed by atoms with Crippen LogP contribution in [-0.2, 0) is 4.79 Å². The molecule has 0 radical (unpaired) electrons. The lowest BCUT2D eigenvalue weighted by atomic mass is 10.0. The number of likely N-dealkylation sites (tertiary alicyclic amines) is 2. The Kier molecular flexibility index (Phi) is 6.78. The molecule has 0 spiro atoms. The fourth-order valence-electron chi connectivity index (χ4n) is 3.85. The first-order chi connectivity index (χ1) is 12.4. The second-order valence-corrected chi connectivity index (χ2v) is 7.10. The average molecular weight is 397 g/mol. The number of hydrogen-bond donors (Lipinski definition) is 1. The highest BCUT2D eigenvalue weighted by atomic mass is 35.5. The molecule has 27 heavy (non-hydrogen) atoms. The molecule has 0 aromatic heterocycles. The van der Waals surface area contributed by atoms with Crippen molar-refractivity contribution in [3.8, 4) is 0 Å². The Bertz CT molecular complexity index is 742. The lowest BCUT2D eigenvalue weighted by Gasteiger charge is -2.35. The number of nitro benzene ring substituents is 1. The summed E-state index contributed by atoms with van der Waals surface area (Å²) in [4.78, 5) is 39.6. The molecule has 2 unspecified atom stereocenters. The van der Waals surface area contributed by atoms with Gasteiger partial charge in [0.05, 0.1) is 4.92 Å². The van der Waals surface area contributed by atoms with E-state index < -0.39 is 11.0 Å². The van der Waals surface area contributed by atoms with E-state index in [-0.39, 0.29) is 36.0 Å². The third kappa shape index (κ3) is 4.39. The molecule has 0 aliphatic carbocycles. The summed E-state index contributed by atoms with van der Waals surface area (Å²) in [6.45, 7) is 3.34. The maximum absolute atomic E-state index is 12.9. The molecular formula is C18H25ClN4O4. The van der Waals surface area contributed by atoms with E-state index in [0.717, 1.165) is 19.3 Å². The molecule has 1 aromatic rings. The van der Waals surface area contributed by atoms with Crippen LogP contribution in [0.1, 0.15) is 41.6 Å². The Morgan fingerprint density at radius 1 is 1.22 bits per heavy atom. The molecule has 2 atom stereocenters. The maximum atomic E-state index is 12.9.